The van der Waals surface area contributed by atoms with E-state index < -0.39 is 30.1 Å². The van der Waals surface area contributed by atoms with Gasteiger partial charge in [0.15, 0.2) is 5.82 Å². The van der Waals surface area contributed by atoms with Crippen LogP contribution in [0.5, 0.6) is 0 Å². The zero-order valence-electron chi connectivity index (χ0n) is 17.1. The molecule has 0 saturated heterocycles. The van der Waals surface area contributed by atoms with E-state index in [4.69, 9.17) is 10.8 Å². The lowest BCUT2D eigenvalue weighted by atomic mass is 10.0. The maximum absolute atomic E-state index is 13.7. The molecule has 0 aliphatic carbocycles. The number of halogens is 4. The van der Waals surface area contributed by atoms with Crippen LogP contribution in [0.3, 0.4) is 0 Å². The van der Waals surface area contributed by atoms with E-state index >= 15 is 0 Å². The van der Waals surface area contributed by atoms with Gasteiger partial charge >= 0.3 is 6.18 Å². The fraction of sp³-hybridized carbons (Fsp3) is 0.286. The van der Waals surface area contributed by atoms with Gasteiger partial charge in [0.25, 0.3) is 5.91 Å². The molecule has 0 fully saturated rings. The van der Waals surface area contributed by atoms with Crippen molar-refractivity contribution < 1.29 is 32.6 Å². The fourth-order valence-corrected chi connectivity index (χ4v) is 2.89. The molecule has 1 heterocycles. The molecule has 2 rings (SSSR count). The van der Waals surface area contributed by atoms with Gasteiger partial charge in [0.2, 0.25) is 0 Å². The number of aromatic nitrogens is 1. The molecule has 172 valence electrons. The van der Waals surface area contributed by atoms with Gasteiger partial charge in [0.1, 0.15) is 5.82 Å². The summed E-state index contributed by atoms with van der Waals surface area (Å²) < 4.78 is 52.5. The van der Waals surface area contributed by atoms with Crippen LogP contribution in [0.25, 0.3) is 0 Å². The number of nitrogens with zero attached hydrogens (tertiary/aromatic N) is 2. The van der Waals surface area contributed by atoms with E-state index in [-0.39, 0.29) is 47.9 Å². The predicted octanol–water partition coefficient (Wildman–Crippen LogP) is 2.24. The van der Waals surface area contributed by atoms with Crippen molar-refractivity contribution in [1.29, 1.82) is 0 Å². The molecule has 1 aromatic carbocycles. The molecule has 0 atom stereocenters. The van der Waals surface area contributed by atoms with Gasteiger partial charge in [-0.3, -0.25) is 4.79 Å². The van der Waals surface area contributed by atoms with E-state index in [1.807, 2.05) is 0 Å². The second-order valence-corrected chi connectivity index (χ2v) is 6.80. The van der Waals surface area contributed by atoms with Crippen LogP contribution in [0.1, 0.15) is 23.6 Å². The Balaban J connectivity index is 2.36. The number of aliphatic hydroxyl groups is 2. The standard InChI is InChI=1S/C21H22F4N4O3/c1-12(26)19(20(32)28-4-5-30)17(11-31)29-18-9-13(2-3-27-18)6-14-7-15(21(23,24)25)10-16(22)8-14/h2-3,7-10,30-31H,4-6,11,26H2,1H3,(H,28,32). The summed E-state index contributed by atoms with van der Waals surface area (Å²) in [7, 11) is 0. The van der Waals surface area contributed by atoms with E-state index in [0.717, 1.165) is 12.1 Å². The number of amides is 1. The predicted molar refractivity (Wildman–Crippen MR) is 110 cm³/mol. The van der Waals surface area contributed by atoms with E-state index in [9.17, 15) is 27.5 Å². The molecule has 0 bridgehead atoms. The molecule has 32 heavy (non-hydrogen) atoms. The highest BCUT2D eigenvalue weighted by molar-refractivity contribution is 6.23. The van der Waals surface area contributed by atoms with Crippen LogP contribution in [0.2, 0.25) is 0 Å². The first-order valence-corrected chi connectivity index (χ1v) is 9.41. The first-order valence-electron chi connectivity index (χ1n) is 9.41. The number of hydrogen-bond acceptors (Lipinski definition) is 6. The monoisotopic (exact) mass is 454 g/mol. The van der Waals surface area contributed by atoms with Crippen LogP contribution in [-0.2, 0) is 17.4 Å². The van der Waals surface area contributed by atoms with Crippen molar-refractivity contribution in [2.75, 3.05) is 19.8 Å². The fourth-order valence-electron chi connectivity index (χ4n) is 2.89. The van der Waals surface area contributed by atoms with Crippen molar-refractivity contribution in [3.8, 4) is 0 Å². The van der Waals surface area contributed by atoms with Gasteiger partial charge in [-0.2, -0.15) is 13.2 Å². The average molecular weight is 454 g/mol. The maximum Gasteiger partial charge on any atom is 0.416 e. The van der Waals surface area contributed by atoms with Crippen molar-refractivity contribution in [1.82, 2.24) is 10.3 Å². The van der Waals surface area contributed by atoms with E-state index in [1.165, 1.54) is 25.3 Å². The summed E-state index contributed by atoms with van der Waals surface area (Å²) in [5.41, 5.74) is 5.13. The highest BCUT2D eigenvalue weighted by Crippen LogP contribution is 2.31. The van der Waals surface area contributed by atoms with Gasteiger partial charge in [0, 0.05) is 18.4 Å². The average Bonchev–Trinajstić information content (AvgIpc) is 2.70. The second kappa shape index (κ2) is 10.8. The molecule has 5 N–H and O–H groups in total. The molecule has 0 spiro atoms. The summed E-state index contributed by atoms with van der Waals surface area (Å²) in [6, 6.07) is 5.24. The summed E-state index contributed by atoms with van der Waals surface area (Å²) in [4.78, 5) is 20.5. The number of benzene rings is 1. The minimum absolute atomic E-state index is 0.0318. The molecule has 0 aliphatic heterocycles. The van der Waals surface area contributed by atoms with Gasteiger partial charge in [-0.05, 0) is 54.8 Å². The van der Waals surface area contributed by atoms with E-state index in [0.29, 0.717) is 11.6 Å². The number of carbonyl (C=O) groups is 1. The molecule has 1 aromatic heterocycles. The molecular weight excluding hydrogens is 432 g/mol. The smallest absolute Gasteiger partial charge is 0.402 e. The zero-order valence-corrected chi connectivity index (χ0v) is 17.1. The van der Waals surface area contributed by atoms with Gasteiger partial charge in [-0.25, -0.2) is 14.4 Å². The molecule has 0 aliphatic rings. The van der Waals surface area contributed by atoms with Crippen LogP contribution in [0.4, 0.5) is 23.4 Å². The lowest BCUT2D eigenvalue weighted by Crippen LogP contribution is -2.33. The molecule has 2 aromatic rings. The molecule has 0 radical (unpaired) electrons. The quantitative estimate of drug-likeness (QED) is 0.277. The zero-order chi connectivity index (χ0) is 23.9. The van der Waals surface area contributed by atoms with Crippen molar-refractivity contribution in [3.63, 3.8) is 0 Å². The van der Waals surface area contributed by atoms with Crippen LogP contribution in [0, 0.1) is 5.82 Å². The maximum atomic E-state index is 13.7. The largest absolute Gasteiger partial charge is 0.416 e. The Labute approximate surface area is 181 Å². The number of rotatable bonds is 8. The highest BCUT2D eigenvalue weighted by atomic mass is 19.4. The first kappa shape index (κ1) is 25.0. The number of alkyl halides is 3. The number of nitrogens with two attached hydrogens (primary N) is 1. The number of aliphatic imine (C=N–C) groups is 1. The number of carbonyl (C=O) groups excluding carboxylic acids is 1. The highest BCUT2D eigenvalue weighted by Gasteiger charge is 2.31. The topological polar surface area (TPSA) is 121 Å². The molecule has 0 saturated carbocycles. The van der Waals surface area contributed by atoms with Crippen LogP contribution in [-0.4, -0.2) is 46.6 Å². The van der Waals surface area contributed by atoms with Crippen molar-refractivity contribution in [2.45, 2.75) is 19.5 Å². The molecule has 7 nitrogen and oxygen atoms in total. The van der Waals surface area contributed by atoms with Gasteiger partial charge in [-0.1, -0.05) is 0 Å². The van der Waals surface area contributed by atoms with Gasteiger partial charge < -0.3 is 21.3 Å². The Morgan fingerprint density at radius 1 is 1.19 bits per heavy atom. The summed E-state index contributed by atoms with van der Waals surface area (Å²) in [5, 5.41) is 21.0. The normalized spacial score (nSPS) is 13.0. The third-order valence-electron chi connectivity index (χ3n) is 4.21. The Kier molecular flexibility index (Phi) is 8.44. The Hall–Kier alpha value is -3.31. The number of pyridine rings is 1. The number of aliphatic hydroxyl groups excluding tert-OH is 2. The lowest BCUT2D eigenvalue weighted by molar-refractivity contribution is -0.137. The minimum Gasteiger partial charge on any atom is -0.402 e. The van der Waals surface area contributed by atoms with Crippen molar-refractivity contribution in [3.05, 3.63) is 70.3 Å². The molecular formula is C21H22F4N4O3. The minimum atomic E-state index is -4.68. The summed E-state index contributed by atoms with van der Waals surface area (Å²) in [6.07, 6.45) is -3.37. The van der Waals surface area contributed by atoms with Gasteiger partial charge in [-0.15, -0.1) is 0 Å². The Bertz CT molecular complexity index is 1030. The molecule has 0 unspecified atom stereocenters. The summed E-state index contributed by atoms with van der Waals surface area (Å²) in [5.74, 6) is -1.60. The van der Waals surface area contributed by atoms with Gasteiger partial charge in [0.05, 0.1) is 30.1 Å². The number of nitrogens with one attached hydrogen (secondary N) is 1. The van der Waals surface area contributed by atoms with E-state index in [1.54, 1.807) is 0 Å². The molecule has 11 heteroatoms. The number of allylic oxidation sites excluding steroid dienone is 1. The van der Waals surface area contributed by atoms with Crippen molar-refractivity contribution in [2.24, 2.45) is 10.7 Å². The van der Waals surface area contributed by atoms with Crippen LogP contribution in [0.15, 0.2) is 52.8 Å². The third-order valence-corrected chi connectivity index (χ3v) is 4.21. The molecule has 1 amide bonds. The summed E-state index contributed by atoms with van der Waals surface area (Å²) >= 11 is 0. The summed E-state index contributed by atoms with van der Waals surface area (Å²) in [6.45, 7) is 0.454. The Morgan fingerprint density at radius 2 is 1.91 bits per heavy atom. The second-order valence-electron chi connectivity index (χ2n) is 6.80. The Morgan fingerprint density at radius 3 is 2.50 bits per heavy atom. The van der Waals surface area contributed by atoms with Crippen LogP contribution >= 0.6 is 0 Å². The number of hydrogen-bond donors (Lipinski definition) is 4. The SMILES string of the molecule is CC(N)=C(C(=O)NCCO)C(CO)=Nc1cc(Cc2cc(F)cc(C(F)(F)F)c2)ccn1. The third kappa shape index (κ3) is 6.86. The van der Waals surface area contributed by atoms with E-state index in [2.05, 4.69) is 15.3 Å². The van der Waals surface area contributed by atoms with Crippen molar-refractivity contribution >= 4 is 17.4 Å². The lowest BCUT2D eigenvalue weighted by Gasteiger charge is -2.12. The van der Waals surface area contributed by atoms with Crippen LogP contribution < -0.4 is 11.1 Å². The first-order chi connectivity index (χ1) is 15.0.